The number of hydrogen-bond acceptors (Lipinski definition) is 6. The van der Waals surface area contributed by atoms with E-state index in [2.05, 4.69) is 22.2 Å². The number of aliphatic hydroxyl groups is 1. The highest BCUT2D eigenvalue weighted by atomic mass is 16.5. The second-order valence-electron chi connectivity index (χ2n) is 10.8. The van der Waals surface area contributed by atoms with E-state index in [1.807, 2.05) is 42.5 Å². The molecule has 2 aromatic carbocycles. The van der Waals surface area contributed by atoms with Crippen LogP contribution in [0.1, 0.15) is 76.4 Å². The van der Waals surface area contributed by atoms with Crippen molar-refractivity contribution in [1.82, 2.24) is 15.3 Å². The van der Waals surface area contributed by atoms with Crippen molar-refractivity contribution in [3.63, 3.8) is 0 Å². The second-order valence-corrected chi connectivity index (χ2v) is 10.8. The van der Waals surface area contributed by atoms with E-state index in [0.717, 1.165) is 65.3 Å². The molecule has 2 N–H and O–H groups in total. The van der Waals surface area contributed by atoms with Gasteiger partial charge in [-0.2, -0.15) is 0 Å². The zero-order chi connectivity index (χ0) is 28.8. The predicted molar refractivity (Wildman–Crippen MR) is 160 cm³/mol. The molecule has 0 unspecified atom stereocenters. The van der Waals surface area contributed by atoms with Gasteiger partial charge in [-0.25, -0.2) is 0 Å². The van der Waals surface area contributed by atoms with Crippen molar-refractivity contribution in [2.75, 3.05) is 13.7 Å². The molecule has 0 radical (unpaired) electrons. The van der Waals surface area contributed by atoms with Crippen LogP contribution in [0.2, 0.25) is 0 Å². The number of Topliss-reactive ketones (excluding diaryl/α,β-unsaturated/α-hetero) is 1. The number of rotatable bonds is 13. The van der Waals surface area contributed by atoms with Crippen molar-refractivity contribution in [3.8, 4) is 17.0 Å². The molecule has 1 aliphatic carbocycles. The van der Waals surface area contributed by atoms with Crippen LogP contribution in [0.15, 0.2) is 60.9 Å². The maximum atomic E-state index is 13.4. The molecule has 1 amide bonds. The Bertz CT molecular complexity index is 1530. The lowest BCUT2D eigenvalue weighted by Crippen LogP contribution is -2.24. The summed E-state index contributed by atoms with van der Waals surface area (Å²) in [6, 6.07) is 15.4. The van der Waals surface area contributed by atoms with Gasteiger partial charge in [0.1, 0.15) is 5.75 Å². The molecular formula is C34H37N3O4. The average Bonchev–Trinajstić information content (AvgIpc) is 3.83. The van der Waals surface area contributed by atoms with Gasteiger partial charge in [-0.15, -0.1) is 0 Å². The Kier molecular flexibility index (Phi) is 9.04. The minimum Gasteiger partial charge on any atom is -0.496 e. The van der Waals surface area contributed by atoms with E-state index in [0.29, 0.717) is 47.9 Å². The summed E-state index contributed by atoms with van der Waals surface area (Å²) in [7, 11) is 1.62. The van der Waals surface area contributed by atoms with Crippen molar-refractivity contribution in [2.24, 2.45) is 5.92 Å². The van der Waals surface area contributed by atoms with Crippen LogP contribution in [0.3, 0.4) is 0 Å². The lowest BCUT2D eigenvalue weighted by molar-refractivity contribution is 0.0950. The van der Waals surface area contributed by atoms with Gasteiger partial charge >= 0.3 is 0 Å². The van der Waals surface area contributed by atoms with Crippen LogP contribution in [0.25, 0.3) is 22.2 Å². The minimum atomic E-state index is -0.139. The largest absolute Gasteiger partial charge is 0.496 e. The van der Waals surface area contributed by atoms with Crippen molar-refractivity contribution < 1.29 is 19.4 Å². The van der Waals surface area contributed by atoms with Gasteiger partial charge < -0.3 is 15.2 Å². The van der Waals surface area contributed by atoms with Crippen molar-refractivity contribution >= 4 is 22.6 Å². The summed E-state index contributed by atoms with van der Waals surface area (Å²) in [5.41, 5.74) is 6.38. The molecule has 0 saturated heterocycles. The third kappa shape index (κ3) is 6.80. The molecule has 212 valence electrons. The first-order chi connectivity index (χ1) is 20.0. The summed E-state index contributed by atoms with van der Waals surface area (Å²) >= 11 is 0. The van der Waals surface area contributed by atoms with E-state index in [-0.39, 0.29) is 18.3 Å². The first-order valence-electron chi connectivity index (χ1n) is 14.5. The molecular weight excluding hydrogens is 514 g/mol. The molecule has 1 fully saturated rings. The Balaban J connectivity index is 1.52. The van der Waals surface area contributed by atoms with Crippen molar-refractivity contribution in [2.45, 2.75) is 58.5 Å². The molecule has 0 aliphatic heterocycles. The topological polar surface area (TPSA) is 101 Å². The minimum absolute atomic E-state index is 0.0121. The number of carbonyl (C=O) groups is 2. The summed E-state index contributed by atoms with van der Waals surface area (Å²) in [5.74, 6) is 1.10. The third-order valence-electron chi connectivity index (χ3n) is 7.76. The summed E-state index contributed by atoms with van der Waals surface area (Å²) in [5, 5.41) is 13.2. The number of pyridine rings is 2. The van der Waals surface area contributed by atoms with Gasteiger partial charge in [0.25, 0.3) is 5.91 Å². The smallest absolute Gasteiger partial charge is 0.252 e. The first kappa shape index (κ1) is 28.4. The number of carbonyl (C=O) groups excluding carboxylic acids is 2. The Hall–Kier alpha value is -4.10. The van der Waals surface area contributed by atoms with Crippen LogP contribution >= 0.6 is 0 Å². The van der Waals surface area contributed by atoms with Crippen LogP contribution in [0.5, 0.6) is 5.75 Å². The van der Waals surface area contributed by atoms with Gasteiger partial charge in [-0.3, -0.25) is 19.6 Å². The van der Waals surface area contributed by atoms with Crippen LogP contribution < -0.4 is 10.1 Å². The lowest BCUT2D eigenvalue weighted by atomic mass is 9.92. The fraction of sp³-hybridized carbons (Fsp3) is 0.353. The molecule has 4 aromatic rings. The number of hydrogen-bond donors (Lipinski definition) is 2. The monoisotopic (exact) mass is 551 g/mol. The molecule has 7 heteroatoms. The zero-order valence-electron chi connectivity index (χ0n) is 23.8. The quantitative estimate of drug-likeness (QED) is 0.154. The number of benzene rings is 2. The van der Waals surface area contributed by atoms with Crippen LogP contribution in [0.4, 0.5) is 0 Å². The van der Waals surface area contributed by atoms with Crippen LogP contribution in [0, 0.1) is 5.92 Å². The van der Waals surface area contributed by atoms with Gasteiger partial charge in [0.2, 0.25) is 0 Å². The summed E-state index contributed by atoms with van der Waals surface area (Å²) in [6.07, 6.45) is 9.44. The number of unbranched alkanes of at least 4 members (excludes halogenated alkanes) is 1. The van der Waals surface area contributed by atoms with Crippen LogP contribution in [-0.4, -0.2) is 40.4 Å². The Morgan fingerprint density at radius 1 is 1.00 bits per heavy atom. The molecule has 0 atom stereocenters. The molecule has 2 aromatic heterocycles. The fourth-order valence-electron chi connectivity index (χ4n) is 5.10. The predicted octanol–water partition coefficient (Wildman–Crippen LogP) is 6.10. The molecule has 5 rings (SSSR count). The van der Waals surface area contributed by atoms with Crippen LogP contribution in [-0.2, 0) is 19.4 Å². The van der Waals surface area contributed by atoms with Crippen molar-refractivity contribution in [1.29, 1.82) is 0 Å². The second kappa shape index (κ2) is 13.0. The maximum Gasteiger partial charge on any atom is 0.252 e. The summed E-state index contributed by atoms with van der Waals surface area (Å²) in [4.78, 5) is 35.2. The number of ether oxygens (including phenoxy) is 1. The number of nitrogens with zero attached hydrogens (tertiary/aromatic N) is 2. The van der Waals surface area contributed by atoms with E-state index in [1.54, 1.807) is 25.6 Å². The van der Waals surface area contributed by atoms with Crippen molar-refractivity contribution in [3.05, 3.63) is 88.7 Å². The molecule has 0 bridgehead atoms. The first-order valence-corrected chi connectivity index (χ1v) is 14.5. The molecule has 0 spiro atoms. The Labute approximate surface area is 241 Å². The van der Waals surface area contributed by atoms with Gasteiger partial charge in [0, 0.05) is 47.9 Å². The number of nitrogens with one attached hydrogen (secondary N) is 1. The average molecular weight is 552 g/mol. The number of aromatic nitrogens is 2. The van der Waals surface area contributed by atoms with E-state index in [4.69, 9.17) is 4.74 Å². The highest BCUT2D eigenvalue weighted by Gasteiger charge is 2.27. The van der Waals surface area contributed by atoms with E-state index < -0.39 is 0 Å². The highest BCUT2D eigenvalue weighted by molar-refractivity contribution is 6.03. The number of methoxy groups -OCH3 is 1. The maximum absolute atomic E-state index is 13.4. The third-order valence-corrected chi connectivity index (χ3v) is 7.76. The zero-order valence-corrected chi connectivity index (χ0v) is 23.8. The van der Waals surface area contributed by atoms with Gasteiger partial charge in [-0.05, 0) is 72.9 Å². The molecule has 1 saturated carbocycles. The van der Waals surface area contributed by atoms with E-state index in [9.17, 15) is 14.7 Å². The lowest BCUT2D eigenvalue weighted by Gasteiger charge is -2.16. The molecule has 1 aliphatic rings. The highest BCUT2D eigenvalue weighted by Crippen LogP contribution is 2.37. The van der Waals surface area contributed by atoms with E-state index >= 15 is 0 Å². The Morgan fingerprint density at radius 3 is 2.44 bits per heavy atom. The van der Waals surface area contributed by atoms with Gasteiger partial charge in [0.15, 0.2) is 5.78 Å². The number of amides is 1. The van der Waals surface area contributed by atoms with E-state index in [1.165, 1.54) is 0 Å². The number of fused-ring (bicyclic) bond motifs is 1. The van der Waals surface area contributed by atoms with Gasteiger partial charge in [-0.1, -0.05) is 37.6 Å². The summed E-state index contributed by atoms with van der Waals surface area (Å²) in [6.45, 7) is 2.73. The Morgan fingerprint density at radius 2 is 1.78 bits per heavy atom. The van der Waals surface area contributed by atoms with Gasteiger partial charge in [0.05, 0.1) is 30.5 Å². The number of ketones is 1. The fourth-order valence-corrected chi connectivity index (χ4v) is 5.10. The molecule has 41 heavy (non-hydrogen) atoms. The summed E-state index contributed by atoms with van der Waals surface area (Å²) < 4.78 is 5.73. The SMILES string of the molecule is CCCCNC(=O)c1ccc(-c2cc3c(CCc4ccc(CO)cc4)c(C(=O)CC4CC4)cnc3cc2OC)nc1. The number of aliphatic hydroxyl groups excluding tert-OH is 1. The molecule has 2 heterocycles. The normalized spacial score (nSPS) is 12.9. The standard InChI is InChI=1S/C34H37N3O4/c1-3-4-15-35-34(40)25-12-14-30(36-19-25)28-17-27-26(13-11-22-5-9-24(21-38)10-6-22)29(32(39)16-23-7-8-23)20-37-31(27)18-33(28)41-2/h5-6,9-10,12,14,17-20,23,38H,3-4,7-8,11,13,15-16,21H2,1-2H3,(H,35,40). The molecule has 7 nitrogen and oxygen atoms in total. The number of aryl methyl sites for hydroxylation is 2.